The average Bonchev–Trinajstić information content (AvgIpc) is 2.67. The summed E-state index contributed by atoms with van der Waals surface area (Å²) in [7, 11) is 3.70. The van der Waals surface area contributed by atoms with Crippen LogP contribution in [0, 0.1) is 5.82 Å². The highest BCUT2D eigenvalue weighted by molar-refractivity contribution is 5.94. The third-order valence-corrected chi connectivity index (χ3v) is 5.74. The molecule has 2 heterocycles. The van der Waals surface area contributed by atoms with Gasteiger partial charge in [-0.15, -0.1) is 0 Å². The molecule has 2 fully saturated rings. The van der Waals surface area contributed by atoms with Gasteiger partial charge in [0, 0.05) is 45.1 Å². The third kappa shape index (κ3) is 4.18. The number of nitrogens with zero attached hydrogens (tertiary/aromatic N) is 2. The molecule has 0 saturated carbocycles. The minimum absolute atomic E-state index is 0.0611. The van der Waals surface area contributed by atoms with Gasteiger partial charge in [0.1, 0.15) is 5.82 Å². The maximum Gasteiger partial charge on any atom is 0.254 e. The number of rotatable bonds is 5. The molecule has 2 aliphatic rings. The van der Waals surface area contributed by atoms with E-state index in [0.29, 0.717) is 6.54 Å². The Labute approximate surface area is 155 Å². The maximum atomic E-state index is 14.4. The highest BCUT2D eigenvalue weighted by atomic mass is 19.1. The Morgan fingerprint density at radius 1 is 1.23 bits per heavy atom. The summed E-state index contributed by atoms with van der Waals surface area (Å²) in [5.41, 5.74) is 0.790. The molecule has 26 heavy (non-hydrogen) atoms. The first-order valence-corrected chi connectivity index (χ1v) is 9.60. The standard InChI is InChI=1S/C20H30FN3O2/c1-23(2)16-6-7-17(18(21)14-16)19(25)22-15-20(8-12-26-13-9-20)24-10-4-3-5-11-24/h6-7,14H,3-5,8-13,15H2,1-2H3,(H,22,25). The van der Waals surface area contributed by atoms with Crippen LogP contribution in [0.2, 0.25) is 0 Å². The minimum atomic E-state index is -0.479. The number of amides is 1. The molecule has 0 bridgehead atoms. The Bertz CT molecular complexity index is 623. The lowest BCUT2D eigenvalue weighted by atomic mass is 9.86. The van der Waals surface area contributed by atoms with Gasteiger partial charge in [0.15, 0.2) is 0 Å². The summed E-state index contributed by atoms with van der Waals surface area (Å²) in [6.07, 6.45) is 5.51. The molecule has 2 saturated heterocycles. The van der Waals surface area contributed by atoms with Crippen molar-refractivity contribution in [1.29, 1.82) is 0 Å². The Morgan fingerprint density at radius 2 is 1.92 bits per heavy atom. The number of ether oxygens (including phenoxy) is 1. The number of halogens is 1. The molecule has 6 heteroatoms. The number of likely N-dealkylation sites (tertiary alicyclic amines) is 1. The third-order valence-electron chi connectivity index (χ3n) is 5.74. The molecule has 144 valence electrons. The van der Waals surface area contributed by atoms with Gasteiger partial charge < -0.3 is 15.0 Å². The Hall–Kier alpha value is -1.66. The second kappa shape index (κ2) is 8.35. The largest absolute Gasteiger partial charge is 0.381 e. The Kier molecular flexibility index (Phi) is 6.14. The lowest BCUT2D eigenvalue weighted by molar-refractivity contribution is -0.0349. The van der Waals surface area contributed by atoms with Crippen molar-refractivity contribution in [3.05, 3.63) is 29.6 Å². The van der Waals surface area contributed by atoms with E-state index in [2.05, 4.69) is 10.2 Å². The van der Waals surface area contributed by atoms with E-state index in [1.807, 2.05) is 19.0 Å². The van der Waals surface area contributed by atoms with E-state index in [4.69, 9.17) is 4.74 Å². The summed E-state index contributed by atoms with van der Waals surface area (Å²) in [4.78, 5) is 16.9. The number of piperidine rings is 1. The summed E-state index contributed by atoms with van der Waals surface area (Å²) >= 11 is 0. The zero-order chi connectivity index (χ0) is 18.6. The molecule has 0 aliphatic carbocycles. The lowest BCUT2D eigenvalue weighted by Gasteiger charge is -2.48. The molecule has 1 aromatic rings. The predicted octanol–water partition coefficient (Wildman–Crippen LogP) is 2.66. The van der Waals surface area contributed by atoms with Gasteiger partial charge in [-0.2, -0.15) is 0 Å². The predicted molar refractivity (Wildman–Crippen MR) is 101 cm³/mol. The first-order valence-electron chi connectivity index (χ1n) is 9.60. The van der Waals surface area contributed by atoms with E-state index >= 15 is 0 Å². The summed E-state index contributed by atoms with van der Waals surface area (Å²) in [5.74, 6) is -0.816. The number of hydrogen-bond acceptors (Lipinski definition) is 4. The van der Waals surface area contributed by atoms with E-state index in [1.165, 1.54) is 25.3 Å². The molecule has 0 aromatic heterocycles. The van der Waals surface area contributed by atoms with Crippen LogP contribution < -0.4 is 10.2 Å². The second-order valence-corrected chi connectivity index (χ2v) is 7.63. The van der Waals surface area contributed by atoms with E-state index < -0.39 is 5.82 Å². The highest BCUT2D eigenvalue weighted by Gasteiger charge is 2.39. The molecule has 1 N–H and O–H groups in total. The zero-order valence-electron chi connectivity index (χ0n) is 15.9. The molecule has 5 nitrogen and oxygen atoms in total. The molecule has 0 atom stereocenters. The number of benzene rings is 1. The molecular formula is C20H30FN3O2. The molecule has 0 unspecified atom stereocenters. The van der Waals surface area contributed by atoms with E-state index in [1.54, 1.807) is 12.1 Å². The first kappa shape index (κ1) is 19.1. The minimum Gasteiger partial charge on any atom is -0.381 e. The van der Waals surface area contributed by atoms with Gasteiger partial charge in [-0.05, 0) is 57.0 Å². The fraction of sp³-hybridized carbons (Fsp3) is 0.650. The summed E-state index contributed by atoms with van der Waals surface area (Å²) in [6.45, 7) is 4.13. The van der Waals surface area contributed by atoms with Crippen molar-refractivity contribution >= 4 is 11.6 Å². The number of anilines is 1. The van der Waals surface area contributed by atoms with Gasteiger partial charge in [0.2, 0.25) is 0 Å². The SMILES string of the molecule is CN(C)c1ccc(C(=O)NCC2(N3CCCCC3)CCOCC2)c(F)c1. The van der Waals surface area contributed by atoms with Gasteiger partial charge in [-0.3, -0.25) is 9.69 Å². The highest BCUT2D eigenvalue weighted by Crippen LogP contribution is 2.30. The van der Waals surface area contributed by atoms with Crippen molar-refractivity contribution < 1.29 is 13.9 Å². The quantitative estimate of drug-likeness (QED) is 0.874. The molecule has 0 spiro atoms. The molecular weight excluding hydrogens is 333 g/mol. The van der Waals surface area contributed by atoms with E-state index in [9.17, 15) is 9.18 Å². The van der Waals surface area contributed by atoms with Crippen molar-refractivity contribution in [1.82, 2.24) is 10.2 Å². The molecule has 2 aliphatic heterocycles. The fourth-order valence-electron chi connectivity index (χ4n) is 4.03. The van der Waals surface area contributed by atoms with Crippen molar-refractivity contribution in [2.45, 2.75) is 37.6 Å². The van der Waals surface area contributed by atoms with Crippen molar-refractivity contribution in [2.75, 3.05) is 51.8 Å². The number of carbonyl (C=O) groups is 1. The molecule has 0 radical (unpaired) electrons. The van der Waals surface area contributed by atoms with Crippen LogP contribution in [0.25, 0.3) is 0 Å². The van der Waals surface area contributed by atoms with E-state index in [0.717, 1.165) is 44.8 Å². The Balaban J connectivity index is 1.69. The summed E-state index contributed by atoms with van der Waals surface area (Å²) in [6, 6.07) is 4.74. The van der Waals surface area contributed by atoms with Crippen LogP contribution in [0.4, 0.5) is 10.1 Å². The van der Waals surface area contributed by atoms with Crippen LogP contribution in [-0.4, -0.2) is 63.3 Å². The summed E-state index contributed by atoms with van der Waals surface area (Å²) < 4.78 is 19.9. The van der Waals surface area contributed by atoms with Crippen LogP contribution >= 0.6 is 0 Å². The van der Waals surface area contributed by atoms with Gasteiger partial charge in [-0.1, -0.05) is 6.42 Å². The monoisotopic (exact) mass is 363 g/mol. The van der Waals surface area contributed by atoms with Crippen LogP contribution in [-0.2, 0) is 4.74 Å². The number of hydrogen-bond donors (Lipinski definition) is 1. The smallest absolute Gasteiger partial charge is 0.254 e. The number of carbonyl (C=O) groups excluding carboxylic acids is 1. The normalized spacial score (nSPS) is 20.6. The van der Waals surface area contributed by atoms with Crippen LogP contribution in [0.1, 0.15) is 42.5 Å². The average molecular weight is 363 g/mol. The van der Waals surface area contributed by atoms with Crippen molar-refractivity contribution in [3.63, 3.8) is 0 Å². The molecule has 1 amide bonds. The van der Waals surface area contributed by atoms with Gasteiger partial charge in [-0.25, -0.2) is 4.39 Å². The number of nitrogens with one attached hydrogen (secondary N) is 1. The topological polar surface area (TPSA) is 44.8 Å². The van der Waals surface area contributed by atoms with Gasteiger partial charge >= 0.3 is 0 Å². The zero-order valence-corrected chi connectivity index (χ0v) is 15.9. The van der Waals surface area contributed by atoms with Crippen LogP contribution in [0.5, 0.6) is 0 Å². The van der Waals surface area contributed by atoms with Crippen LogP contribution in [0.15, 0.2) is 18.2 Å². The summed E-state index contributed by atoms with van der Waals surface area (Å²) in [5, 5.41) is 3.01. The molecule has 3 rings (SSSR count). The van der Waals surface area contributed by atoms with Gasteiger partial charge in [0.05, 0.1) is 5.56 Å². The lowest BCUT2D eigenvalue weighted by Crippen LogP contribution is -2.59. The van der Waals surface area contributed by atoms with Gasteiger partial charge in [0.25, 0.3) is 5.91 Å². The van der Waals surface area contributed by atoms with E-state index in [-0.39, 0.29) is 17.0 Å². The first-order chi connectivity index (χ1) is 12.5. The second-order valence-electron chi connectivity index (χ2n) is 7.63. The fourth-order valence-corrected chi connectivity index (χ4v) is 4.03. The van der Waals surface area contributed by atoms with Crippen LogP contribution in [0.3, 0.4) is 0 Å². The van der Waals surface area contributed by atoms with Crippen molar-refractivity contribution in [3.8, 4) is 0 Å². The maximum absolute atomic E-state index is 14.4. The molecule has 1 aromatic carbocycles. The van der Waals surface area contributed by atoms with Crippen molar-refractivity contribution in [2.24, 2.45) is 0 Å². The Morgan fingerprint density at radius 3 is 2.54 bits per heavy atom.